The van der Waals surface area contributed by atoms with E-state index in [2.05, 4.69) is 12.2 Å². The average Bonchev–Trinajstić information content (AvgIpc) is 3.11. The fourth-order valence-electron chi connectivity index (χ4n) is 3.88. The molecule has 1 aromatic rings. The summed E-state index contributed by atoms with van der Waals surface area (Å²) in [4.78, 5) is 11.5. The molecule has 0 aliphatic heterocycles. The fraction of sp³-hybridized carbons (Fsp3) is 0.588. The number of anilines is 2. The van der Waals surface area contributed by atoms with Gasteiger partial charge in [-0.25, -0.2) is 4.79 Å². The molecule has 1 aromatic carbocycles. The van der Waals surface area contributed by atoms with E-state index in [1.54, 1.807) is 12.1 Å². The summed E-state index contributed by atoms with van der Waals surface area (Å²) in [5.41, 5.74) is 8.60. The first kappa shape index (κ1) is 14.2. The number of nitrogens with two attached hydrogens (primary N) is 1. The van der Waals surface area contributed by atoms with E-state index < -0.39 is 0 Å². The number of benzene rings is 1. The highest BCUT2D eigenvalue weighted by Crippen LogP contribution is 2.58. The number of carbonyl (C=O) groups excluding carboxylic acids is 1. The second-order valence-corrected chi connectivity index (χ2v) is 6.76. The van der Waals surface area contributed by atoms with Crippen molar-refractivity contribution in [3.63, 3.8) is 0 Å². The van der Waals surface area contributed by atoms with E-state index in [0.717, 1.165) is 11.6 Å². The number of methoxy groups -OCH3 is 1. The molecule has 4 nitrogen and oxygen atoms in total. The monoisotopic (exact) mass is 288 g/mol. The molecule has 0 amide bonds. The summed E-state index contributed by atoms with van der Waals surface area (Å²) >= 11 is 0. The standard InChI is InChI=1S/C17H24N2O2/c1-11-4-3-7-17(9-11)10-15(17)19-14-6-5-12(8-13(14)18)16(20)21-2/h5-6,8,11,15,19H,3-4,7,9-10,18H2,1-2H3/t11-,15-,17?/m1/s1. The molecule has 0 saturated heterocycles. The summed E-state index contributed by atoms with van der Waals surface area (Å²) in [6, 6.07) is 5.88. The van der Waals surface area contributed by atoms with E-state index >= 15 is 0 Å². The zero-order valence-corrected chi connectivity index (χ0v) is 12.8. The van der Waals surface area contributed by atoms with Crippen LogP contribution in [-0.4, -0.2) is 19.1 Å². The predicted molar refractivity (Wildman–Crippen MR) is 84.3 cm³/mol. The first-order chi connectivity index (χ1) is 10.0. The highest BCUT2D eigenvalue weighted by molar-refractivity contribution is 5.91. The molecule has 0 bridgehead atoms. The maximum atomic E-state index is 11.5. The molecule has 3 atom stereocenters. The smallest absolute Gasteiger partial charge is 0.337 e. The molecule has 2 saturated carbocycles. The second kappa shape index (κ2) is 5.24. The van der Waals surface area contributed by atoms with E-state index in [-0.39, 0.29) is 5.97 Å². The van der Waals surface area contributed by atoms with E-state index in [1.165, 1.54) is 39.2 Å². The maximum Gasteiger partial charge on any atom is 0.337 e. The van der Waals surface area contributed by atoms with E-state index in [0.29, 0.717) is 22.7 Å². The zero-order valence-electron chi connectivity index (χ0n) is 12.8. The number of nitrogens with one attached hydrogen (secondary N) is 1. The molecule has 3 N–H and O–H groups in total. The molecule has 2 fully saturated rings. The second-order valence-electron chi connectivity index (χ2n) is 6.76. The van der Waals surface area contributed by atoms with Gasteiger partial charge in [-0.3, -0.25) is 0 Å². The summed E-state index contributed by atoms with van der Waals surface area (Å²) in [6.07, 6.45) is 6.61. The largest absolute Gasteiger partial charge is 0.465 e. The minimum atomic E-state index is -0.350. The van der Waals surface area contributed by atoms with Crippen LogP contribution in [0.2, 0.25) is 0 Å². The van der Waals surface area contributed by atoms with Crippen LogP contribution < -0.4 is 11.1 Å². The van der Waals surface area contributed by atoms with Gasteiger partial charge in [-0.1, -0.05) is 19.8 Å². The minimum absolute atomic E-state index is 0.350. The molecular weight excluding hydrogens is 264 g/mol. The Kier molecular flexibility index (Phi) is 3.56. The van der Waals surface area contributed by atoms with Gasteiger partial charge in [-0.2, -0.15) is 0 Å². The topological polar surface area (TPSA) is 64.3 Å². The molecule has 21 heavy (non-hydrogen) atoms. The van der Waals surface area contributed by atoms with Crippen molar-refractivity contribution in [2.45, 2.75) is 45.1 Å². The number of ether oxygens (including phenoxy) is 1. The third kappa shape index (κ3) is 2.71. The van der Waals surface area contributed by atoms with Crippen LogP contribution in [0.4, 0.5) is 11.4 Å². The minimum Gasteiger partial charge on any atom is -0.465 e. The normalized spacial score (nSPS) is 31.0. The molecule has 0 aromatic heterocycles. The molecule has 0 radical (unpaired) electrons. The van der Waals surface area contributed by atoms with Crippen molar-refractivity contribution in [3.8, 4) is 0 Å². The van der Waals surface area contributed by atoms with Crippen molar-refractivity contribution in [2.24, 2.45) is 11.3 Å². The Balaban J connectivity index is 1.68. The lowest BCUT2D eigenvalue weighted by molar-refractivity contribution is 0.0601. The molecule has 2 aliphatic carbocycles. The summed E-state index contributed by atoms with van der Waals surface area (Å²) in [5, 5.41) is 3.57. The lowest BCUT2D eigenvalue weighted by Gasteiger charge is -2.28. The molecule has 114 valence electrons. The third-order valence-electron chi connectivity index (χ3n) is 5.12. The van der Waals surface area contributed by atoms with Crippen LogP contribution in [0, 0.1) is 11.3 Å². The first-order valence-corrected chi connectivity index (χ1v) is 7.78. The van der Waals surface area contributed by atoms with Gasteiger partial charge in [-0.05, 0) is 48.8 Å². The van der Waals surface area contributed by atoms with Crippen molar-refractivity contribution in [1.29, 1.82) is 0 Å². The van der Waals surface area contributed by atoms with E-state index in [9.17, 15) is 4.79 Å². The van der Waals surface area contributed by atoms with Crippen LogP contribution in [0.1, 0.15) is 49.4 Å². The van der Waals surface area contributed by atoms with Crippen molar-refractivity contribution in [2.75, 3.05) is 18.2 Å². The van der Waals surface area contributed by atoms with Crippen LogP contribution in [0.3, 0.4) is 0 Å². The SMILES string of the molecule is COC(=O)c1ccc(N[C@@H]2CC23CCC[C@@H](C)C3)c(N)c1. The quantitative estimate of drug-likeness (QED) is 0.660. The highest BCUT2D eigenvalue weighted by Gasteiger charge is 2.55. The fourth-order valence-corrected chi connectivity index (χ4v) is 3.88. The van der Waals surface area contributed by atoms with Crippen LogP contribution in [0.25, 0.3) is 0 Å². The molecule has 0 heterocycles. The van der Waals surface area contributed by atoms with Crippen molar-refractivity contribution < 1.29 is 9.53 Å². The van der Waals surface area contributed by atoms with Crippen molar-refractivity contribution in [1.82, 2.24) is 0 Å². The Morgan fingerprint density at radius 3 is 2.90 bits per heavy atom. The van der Waals surface area contributed by atoms with Gasteiger partial charge in [-0.15, -0.1) is 0 Å². The van der Waals surface area contributed by atoms with E-state index in [4.69, 9.17) is 10.5 Å². The molecule has 4 heteroatoms. The predicted octanol–water partition coefficient (Wildman–Crippen LogP) is 3.44. The Morgan fingerprint density at radius 2 is 2.24 bits per heavy atom. The lowest BCUT2D eigenvalue weighted by Crippen LogP contribution is -2.21. The number of rotatable bonds is 3. The van der Waals surface area contributed by atoms with Gasteiger partial charge >= 0.3 is 5.97 Å². The average molecular weight is 288 g/mol. The molecule has 2 aliphatic rings. The third-order valence-corrected chi connectivity index (χ3v) is 5.12. The van der Waals surface area contributed by atoms with Gasteiger partial charge in [0.25, 0.3) is 0 Å². The van der Waals surface area contributed by atoms with Gasteiger partial charge < -0.3 is 15.8 Å². The Bertz CT molecular complexity index is 558. The molecular formula is C17H24N2O2. The number of nitrogen functional groups attached to an aromatic ring is 1. The highest BCUT2D eigenvalue weighted by atomic mass is 16.5. The zero-order chi connectivity index (χ0) is 15.0. The number of hydrogen-bond acceptors (Lipinski definition) is 4. The Morgan fingerprint density at radius 1 is 1.43 bits per heavy atom. The van der Waals surface area contributed by atoms with Gasteiger partial charge in [0, 0.05) is 6.04 Å². The first-order valence-electron chi connectivity index (χ1n) is 7.78. The van der Waals surface area contributed by atoms with Gasteiger partial charge in [0.15, 0.2) is 0 Å². The molecule has 3 rings (SSSR count). The Labute approximate surface area is 126 Å². The van der Waals surface area contributed by atoms with Gasteiger partial charge in [0.1, 0.15) is 0 Å². The molecule has 1 unspecified atom stereocenters. The van der Waals surface area contributed by atoms with Crippen molar-refractivity contribution >= 4 is 17.3 Å². The summed E-state index contributed by atoms with van der Waals surface area (Å²) in [7, 11) is 1.38. The van der Waals surface area contributed by atoms with Crippen LogP contribution in [0.5, 0.6) is 0 Å². The number of carbonyl (C=O) groups is 1. The summed E-state index contributed by atoms with van der Waals surface area (Å²) in [5.74, 6) is 0.488. The van der Waals surface area contributed by atoms with Crippen LogP contribution in [-0.2, 0) is 4.74 Å². The van der Waals surface area contributed by atoms with Crippen LogP contribution in [0.15, 0.2) is 18.2 Å². The summed E-state index contributed by atoms with van der Waals surface area (Å²) in [6.45, 7) is 2.36. The maximum absolute atomic E-state index is 11.5. The van der Waals surface area contributed by atoms with Gasteiger partial charge in [0.05, 0.1) is 24.0 Å². The van der Waals surface area contributed by atoms with Crippen molar-refractivity contribution in [3.05, 3.63) is 23.8 Å². The number of esters is 1. The van der Waals surface area contributed by atoms with Crippen LogP contribution >= 0.6 is 0 Å². The Hall–Kier alpha value is -1.71. The van der Waals surface area contributed by atoms with Gasteiger partial charge in [0.2, 0.25) is 0 Å². The van der Waals surface area contributed by atoms with E-state index in [1.807, 2.05) is 6.07 Å². The number of hydrogen-bond donors (Lipinski definition) is 2. The summed E-state index contributed by atoms with van der Waals surface area (Å²) < 4.78 is 4.71. The molecule has 1 spiro atoms. The lowest BCUT2D eigenvalue weighted by atomic mass is 9.79.